The highest BCUT2D eigenvalue weighted by Gasteiger charge is 2.26. The molecule has 1 aliphatic heterocycles. The Morgan fingerprint density at radius 1 is 1.47 bits per heavy atom. The molecule has 4 nitrogen and oxygen atoms in total. The van der Waals surface area contributed by atoms with Gasteiger partial charge in [0.2, 0.25) is 11.8 Å². The highest BCUT2D eigenvalue weighted by Crippen LogP contribution is 2.25. The van der Waals surface area contributed by atoms with Crippen LogP contribution in [0.4, 0.5) is 5.95 Å². The fourth-order valence-electron chi connectivity index (χ4n) is 2.15. The molecule has 106 valence electrons. The Hall–Kier alpha value is -1.03. The molecule has 2 rings (SSSR count). The Morgan fingerprint density at radius 2 is 2.26 bits per heavy atom. The summed E-state index contributed by atoms with van der Waals surface area (Å²) in [6, 6.07) is 1.88. The van der Waals surface area contributed by atoms with Gasteiger partial charge in [-0.25, -0.2) is 4.98 Å². The van der Waals surface area contributed by atoms with Crippen LogP contribution in [0.3, 0.4) is 0 Å². The van der Waals surface area contributed by atoms with E-state index in [2.05, 4.69) is 28.7 Å². The van der Waals surface area contributed by atoms with Gasteiger partial charge in [0.25, 0.3) is 0 Å². The van der Waals surface area contributed by atoms with Crippen molar-refractivity contribution < 1.29 is 4.74 Å². The summed E-state index contributed by atoms with van der Waals surface area (Å²) >= 11 is 6.35. The molecule has 1 aromatic rings. The molecule has 19 heavy (non-hydrogen) atoms. The molecule has 0 aromatic carbocycles. The van der Waals surface area contributed by atoms with Crippen LogP contribution in [0, 0.1) is 12.8 Å². The summed E-state index contributed by atoms with van der Waals surface area (Å²) in [5.74, 6) is 1.95. The number of piperidine rings is 1. The summed E-state index contributed by atoms with van der Waals surface area (Å²) < 4.78 is 5.60. The third-order valence-corrected chi connectivity index (χ3v) is 3.99. The van der Waals surface area contributed by atoms with Gasteiger partial charge in [-0.1, -0.05) is 13.8 Å². The predicted molar refractivity (Wildman–Crippen MR) is 78.2 cm³/mol. The van der Waals surface area contributed by atoms with E-state index in [1.54, 1.807) is 0 Å². The van der Waals surface area contributed by atoms with Crippen LogP contribution in [0.15, 0.2) is 6.07 Å². The Kier molecular flexibility index (Phi) is 4.86. The molecule has 0 saturated carbocycles. The van der Waals surface area contributed by atoms with Crippen LogP contribution in [-0.2, 0) is 0 Å². The van der Waals surface area contributed by atoms with Crippen molar-refractivity contribution in [1.29, 1.82) is 0 Å². The maximum Gasteiger partial charge on any atom is 0.228 e. The number of anilines is 1. The minimum absolute atomic E-state index is 0.165. The van der Waals surface area contributed by atoms with Gasteiger partial charge in [-0.3, -0.25) is 0 Å². The largest absolute Gasteiger partial charge is 0.478 e. The average Bonchev–Trinajstić information content (AvgIpc) is 2.39. The van der Waals surface area contributed by atoms with Crippen LogP contribution in [0.5, 0.6) is 5.88 Å². The van der Waals surface area contributed by atoms with Crippen molar-refractivity contribution in [3.63, 3.8) is 0 Å². The number of halogens is 1. The first-order valence-corrected chi connectivity index (χ1v) is 7.41. The van der Waals surface area contributed by atoms with Crippen molar-refractivity contribution in [2.45, 2.75) is 39.0 Å². The number of alkyl halides is 1. The molecule has 5 heteroatoms. The number of hydrogen-bond donors (Lipinski definition) is 0. The van der Waals surface area contributed by atoms with Gasteiger partial charge in [0, 0.05) is 24.8 Å². The molecule has 2 unspecified atom stereocenters. The molecule has 1 aromatic heterocycles. The van der Waals surface area contributed by atoms with E-state index in [0.29, 0.717) is 18.4 Å². The maximum atomic E-state index is 6.35. The van der Waals surface area contributed by atoms with Crippen LogP contribution in [0.25, 0.3) is 0 Å². The van der Waals surface area contributed by atoms with Gasteiger partial charge in [0.05, 0.1) is 12.0 Å². The molecule has 1 fully saturated rings. The second-order valence-electron chi connectivity index (χ2n) is 5.22. The van der Waals surface area contributed by atoms with Crippen LogP contribution in [0.2, 0.25) is 0 Å². The fourth-order valence-corrected chi connectivity index (χ4v) is 2.44. The van der Waals surface area contributed by atoms with Gasteiger partial charge in [0.15, 0.2) is 0 Å². The highest BCUT2D eigenvalue weighted by molar-refractivity contribution is 6.21. The summed E-state index contributed by atoms with van der Waals surface area (Å²) in [4.78, 5) is 11.1. The van der Waals surface area contributed by atoms with Crippen LogP contribution in [0.1, 0.15) is 32.4 Å². The lowest BCUT2D eigenvalue weighted by molar-refractivity contribution is 0.304. The zero-order chi connectivity index (χ0) is 13.8. The molecule has 0 radical (unpaired) electrons. The number of ether oxygens (including phenoxy) is 1. The summed E-state index contributed by atoms with van der Waals surface area (Å²) in [5, 5.41) is 0.165. The normalized spacial score (nSPS) is 23.5. The molecule has 0 bridgehead atoms. The van der Waals surface area contributed by atoms with Gasteiger partial charge < -0.3 is 9.64 Å². The van der Waals surface area contributed by atoms with E-state index < -0.39 is 0 Å². The Labute approximate surface area is 120 Å². The fraction of sp³-hybridized carbons (Fsp3) is 0.714. The van der Waals surface area contributed by atoms with Gasteiger partial charge in [-0.2, -0.15) is 4.98 Å². The van der Waals surface area contributed by atoms with E-state index >= 15 is 0 Å². The molecule has 1 aliphatic rings. The second kappa shape index (κ2) is 6.42. The van der Waals surface area contributed by atoms with E-state index in [1.165, 1.54) is 0 Å². The number of aromatic nitrogens is 2. The molecular weight excluding hydrogens is 262 g/mol. The maximum absolute atomic E-state index is 6.35. The summed E-state index contributed by atoms with van der Waals surface area (Å²) in [6.45, 7) is 8.70. The highest BCUT2D eigenvalue weighted by atomic mass is 35.5. The smallest absolute Gasteiger partial charge is 0.228 e. The second-order valence-corrected chi connectivity index (χ2v) is 5.78. The zero-order valence-electron chi connectivity index (χ0n) is 11.9. The Bertz CT molecular complexity index is 427. The number of rotatable bonds is 4. The lowest BCUT2D eigenvalue weighted by Crippen LogP contribution is -2.41. The van der Waals surface area contributed by atoms with E-state index in [4.69, 9.17) is 16.3 Å². The average molecular weight is 284 g/mol. The van der Waals surface area contributed by atoms with Crippen LogP contribution >= 0.6 is 11.6 Å². The zero-order valence-corrected chi connectivity index (χ0v) is 12.7. The third-order valence-electron chi connectivity index (χ3n) is 3.42. The van der Waals surface area contributed by atoms with E-state index in [-0.39, 0.29) is 5.38 Å². The third kappa shape index (κ3) is 3.72. The summed E-state index contributed by atoms with van der Waals surface area (Å²) in [5.41, 5.74) is 0.931. The minimum atomic E-state index is 0.165. The van der Waals surface area contributed by atoms with Crippen molar-refractivity contribution in [3.8, 4) is 5.88 Å². The van der Waals surface area contributed by atoms with Crippen molar-refractivity contribution in [3.05, 3.63) is 11.8 Å². The lowest BCUT2D eigenvalue weighted by Gasteiger charge is -2.34. The molecule has 1 saturated heterocycles. The molecule has 2 atom stereocenters. The molecule has 2 heterocycles. The topological polar surface area (TPSA) is 38.2 Å². The monoisotopic (exact) mass is 283 g/mol. The molecule has 0 N–H and O–H groups in total. The van der Waals surface area contributed by atoms with Crippen molar-refractivity contribution in [2.24, 2.45) is 5.92 Å². The number of hydrogen-bond acceptors (Lipinski definition) is 4. The van der Waals surface area contributed by atoms with Gasteiger partial charge in [-0.05, 0) is 25.7 Å². The first-order chi connectivity index (χ1) is 9.10. The Morgan fingerprint density at radius 3 is 2.95 bits per heavy atom. The van der Waals surface area contributed by atoms with Crippen LogP contribution in [-0.4, -0.2) is 35.0 Å². The SMILES string of the molecule is CCCOc1cc(C)nc(N2CCC(C)C(Cl)C2)n1. The number of nitrogens with zero attached hydrogens (tertiary/aromatic N) is 3. The molecule has 0 spiro atoms. The van der Waals surface area contributed by atoms with Crippen molar-refractivity contribution in [1.82, 2.24) is 9.97 Å². The van der Waals surface area contributed by atoms with Crippen LogP contribution < -0.4 is 9.64 Å². The standard InChI is InChI=1S/C14H22ClN3O/c1-4-7-19-13-8-11(3)16-14(17-13)18-6-5-10(2)12(15)9-18/h8,10,12H,4-7,9H2,1-3H3. The quantitative estimate of drug-likeness (QED) is 0.796. The van der Waals surface area contributed by atoms with Gasteiger partial charge in [0.1, 0.15) is 0 Å². The molecular formula is C14H22ClN3O. The summed E-state index contributed by atoms with van der Waals surface area (Å²) in [6.07, 6.45) is 2.06. The van der Waals surface area contributed by atoms with Gasteiger partial charge >= 0.3 is 0 Å². The Balaban J connectivity index is 2.13. The molecule has 0 amide bonds. The van der Waals surface area contributed by atoms with Crippen molar-refractivity contribution in [2.75, 3.05) is 24.6 Å². The van der Waals surface area contributed by atoms with Gasteiger partial charge in [-0.15, -0.1) is 11.6 Å². The minimum Gasteiger partial charge on any atom is -0.478 e. The number of aryl methyl sites for hydroxylation is 1. The summed E-state index contributed by atoms with van der Waals surface area (Å²) in [7, 11) is 0. The van der Waals surface area contributed by atoms with E-state index in [9.17, 15) is 0 Å². The first-order valence-electron chi connectivity index (χ1n) is 6.97. The first kappa shape index (κ1) is 14.4. The predicted octanol–water partition coefficient (Wildman–Crippen LogP) is 3.03. The molecule has 0 aliphatic carbocycles. The lowest BCUT2D eigenvalue weighted by atomic mass is 9.99. The van der Waals surface area contributed by atoms with E-state index in [0.717, 1.165) is 37.6 Å². The van der Waals surface area contributed by atoms with Crippen molar-refractivity contribution >= 4 is 17.5 Å². The van der Waals surface area contributed by atoms with E-state index in [1.807, 2.05) is 13.0 Å².